The van der Waals surface area contributed by atoms with Crippen molar-refractivity contribution in [2.24, 2.45) is 5.73 Å². The minimum atomic E-state index is -0.355. The molecule has 1 rings (SSSR count). The highest BCUT2D eigenvalue weighted by Crippen LogP contribution is 2.20. The van der Waals surface area contributed by atoms with Crippen LogP contribution >= 0.6 is 0 Å². The summed E-state index contributed by atoms with van der Waals surface area (Å²) in [6, 6.07) is 0. The minimum Gasteiger partial charge on any atom is -0.369 e. The summed E-state index contributed by atoms with van der Waals surface area (Å²) >= 11 is 0. The van der Waals surface area contributed by atoms with Crippen molar-refractivity contribution in [3.05, 3.63) is 23.6 Å². The number of rotatable bonds is 2. The molecule has 0 heterocycles. The van der Waals surface area contributed by atoms with Crippen LogP contribution in [0.15, 0.2) is 23.6 Å². The van der Waals surface area contributed by atoms with Gasteiger partial charge in [-0.1, -0.05) is 11.6 Å². The summed E-state index contributed by atoms with van der Waals surface area (Å²) in [7, 11) is 0. The van der Waals surface area contributed by atoms with Crippen molar-refractivity contribution >= 4 is 5.91 Å². The molecule has 60 valence electrons. The molecule has 1 aliphatic rings. The molecular formula is C8H10FNO. The third-order valence-electron chi connectivity index (χ3n) is 1.59. The Hall–Kier alpha value is -1.12. The first-order valence-electron chi connectivity index (χ1n) is 3.51. The molecule has 11 heavy (non-hydrogen) atoms. The lowest BCUT2D eigenvalue weighted by Crippen LogP contribution is -2.11. The fourth-order valence-electron chi connectivity index (χ4n) is 1.03. The monoisotopic (exact) mass is 155 g/mol. The number of carbonyl (C=O) groups is 1. The molecule has 0 aromatic carbocycles. The lowest BCUT2D eigenvalue weighted by molar-refractivity contribution is -0.117. The van der Waals surface area contributed by atoms with E-state index in [2.05, 4.69) is 0 Å². The van der Waals surface area contributed by atoms with Crippen molar-refractivity contribution in [3.8, 4) is 0 Å². The molecule has 0 unspecified atom stereocenters. The molecule has 1 amide bonds. The number of allylic oxidation sites excluding steroid dienone is 3. The molecule has 0 saturated carbocycles. The normalized spacial score (nSPS) is 17.2. The molecule has 0 fully saturated rings. The fraction of sp³-hybridized carbons (Fsp3) is 0.375. The Balaban J connectivity index is 2.54. The molecular weight excluding hydrogens is 145 g/mol. The van der Waals surface area contributed by atoms with E-state index in [1.54, 1.807) is 6.08 Å². The van der Waals surface area contributed by atoms with E-state index >= 15 is 0 Å². The Labute approximate surface area is 64.6 Å². The van der Waals surface area contributed by atoms with Crippen LogP contribution in [0.4, 0.5) is 4.39 Å². The standard InChI is InChI=1S/C8H10FNO/c9-7-3-1-6(2-4-7)5-8(10)11/h1,3H,2,4-5H2,(H2,10,11). The lowest BCUT2D eigenvalue weighted by atomic mass is 10.0. The van der Waals surface area contributed by atoms with Crippen molar-refractivity contribution in [1.82, 2.24) is 0 Å². The summed E-state index contributed by atoms with van der Waals surface area (Å²) < 4.78 is 12.4. The molecule has 0 bridgehead atoms. The van der Waals surface area contributed by atoms with Crippen molar-refractivity contribution in [1.29, 1.82) is 0 Å². The number of hydrogen-bond acceptors (Lipinski definition) is 1. The van der Waals surface area contributed by atoms with Crippen LogP contribution in [0.2, 0.25) is 0 Å². The lowest BCUT2D eigenvalue weighted by Gasteiger charge is -2.07. The van der Waals surface area contributed by atoms with Gasteiger partial charge < -0.3 is 5.73 Å². The van der Waals surface area contributed by atoms with E-state index in [9.17, 15) is 9.18 Å². The third kappa shape index (κ3) is 2.53. The van der Waals surface area contributed by atoms with E-state index in [1.807, 2.05) is 0 Å². The van der Waals surface area contributed by atoms with Crippen molar-refractivity contribution in [2.45, 2.75) is 19.3 Å². The van der Waals surface area contributed by atoms with E-state index in [1.165, 1.54) is 6.08 Å². The highest BCUT2D eigenvalue weighted by atomic mass is 19.1. The van der Waals surface area contributed by atoms with Crippen LogP contribution in [0.25, 0.3) is 0 Å². The first-order valence-corrected chi connectivity index (χ1v) is 3.51. The average Bonchev–Trinajstić information content (AvgIpc) is 1.93. The maximum atomic E-state index is 12.4. The molecule has 0 aromatic rings. The molecule has 1 aliphatic carbocycles. The van der Waals surface area contributed by atoms with Crippen molar-refractivity contribution in [3.63, 3.8) is 0 Å². The number of amides is 1. The molecule has 3 heteroatoms. The SMILES string of the molecule is NC(=O)CC1=CC=C(F)CC1. The Kier molecular flexibility index (Phi) is 2.41. The Morgan fingerprint density at radius 3 is 2.73 bits per heavy atom. The number of carbonyl (C=O) groups excluding carboxylic acids is 1. The maximum absolute atomic E-state index is 12.4. The van der Waals surface area contributed by atoms with E-state index in [-0.39, 0.29) is 18.2 Å². The van der Waals surface area contributed by atoms with Crippen molar-refractivity contribution < 1.29 is 9.18 Å². The molecule has 0 atom stereocenters. The summed E-state index contributed by atoms with van der Waals surface area (Å²) in [5.41, 5.74) is 5.88. The van der Waals surface area contributed by atoms with Crippen LogP contribution in [0, 0.1) is 0 Å². The zero-order valence-electron chi connectivity index (χ0n) is 6.14. The van der Waals surface area contributed by atoms with E-state index in [0.717, 1.165) is 5.57 Å². The van der Waals surface area contributed by atoms with Crippen LogP contribution in [-0.4, -0.2) is 5.91 Å². The summed E-state index contributed by atoms with van der Waals surface area (Å²) in [6.45, 7) is 0. The average molecular weight is 155 g/mol. The van der Waals surface area contributed by atoms with Crippen LogP contribution in [0.3, 0.4) is 0 Å². The zero-order chi connectivity index (χ0) is 8.27. The summed E-state index contributed by atoms with van der Waals surface area (Å²) in [4.78, 5) is 10.4. The van der Waals surface area contributed by atoms with Gasteiger partial charge >= 0.3 is 0 Å². The smallest absolute Gasteiger partial charge is 0.221 e. The minimum absolute atomic E-state index is 0.127. The number of nitrogens with two attached hydrogens (primary N) is 1. The first kappa shape index (κ1) is 7.98. The van der Waals surface area contributed by atoms with Crippen molar-refractivity contribution in [2.75, 3.05) is 0 Å². The van der Waals surface area contributed by atoms with E-state index < -0.39 is 0 Å². The predicted molar refractivity (Wildman–Crippen MR) is 40.3 cm³/mol. The first-order chi connectivity index (χ1) is 5.18. The van der Waals surface area contributed by atoms with Gasteiger partial charge in [0.25, 0.3) is 0 Å². The molecule has 2 nitrogen and oxygen atoms in total. The van der Waals surface area contributed by atoms with Gasteiger partial charge in [0.05, 0.1) is 0 Å². The Morgan fingerprint density at radius 2 is 2.27 bits per heavy atom. The quantitative estimate of drug-likeness (QED) is 0.644. The summed E-state index contributed by atoms with van der Waals surface area (Å²) in [5, 5.41) is 0. The molecule has 0 radical (unpaired) electrons. The molecule has 0 saturated heterocycles. The Morgan fingerprint density at radius 1 is 1.55 bits per heavy atom. The maximum Gasteiger partial charge on any atom is 0.221 e. The van der Waals surface area contributed by atoms with Gasteiger partial charge in [-0.2, -0.15) is 0 Å². The van der Waals surface area contributed by atoms with E-state index in [0.29, 0.717) is 12.8 Å². The number of halogens is 1. The fourth-order valence-corrected chi connectivity index (χ4v) is 1.03. The van der Waals surface area contributed by atoms with Gasteiger partial charge in [0.2, 0.25) is 5.91 Å². The van der Waals surface area contributed by atoms with Gasteiger partial charge in [0.1, 0.15) is 5.83 Å². The predicted octanol–water partition coefficient (Wildman–Crippen LogP) is 1.44. The molecule has 2 N–H and O–H groups in total. The van der Waals surface area contributed by atoms with Crippen LogP contribution < -0.4 is 5.73 Å². The number of hydrogen-bond donors (Lipinski definition) is 1. The number of primary amides is 1. The summed E-state index contributed by atoms with van der Waals surface area (Å²) in [6.07, 6.45) is 4.29. The topological polar surface area (TPSA) is 43.1 Å². The van der Waals surface area contributed by atoms with Crippen LogP contribution in [-0.2, 0) is 4.79 Å². The second-order valence-corrected chi connectivity index (χ2v) is 2.58. The van der Waals surface area contributed by atoms with Gasteiger partial charge in [-0.25, -0.2) is 4.39 Å². The second kappa shape index (κ2) is 3.32. The zero-order valence-corrected chi connectivity index (χ0v) is 6.14. The van der Waals surface area contributed by atoms with Gasteiger partial charge in [-0.3, -0.25) is 4.79 Å². The molecule has 0 spiro atoms. The highest BCUT2D eigenvalue weighted by Gasteiger charge is 2.07. The second-order valence-electron chi connectivity index (χ2n) is 2.58. The van der Waals surface area contributed by atoms with E-state index in [4.69, 9.17) is 5.73 Å². The van der Waals surface area contributed by atoms with Crippen LogP contribution in [0.5, 0.6) is 0 Å². The van der Waals surface area contributed by atoms with Gasteiger partial charge in [-0.15, -0.1) is 0 Å². The van der Waals surface area contributed by atoms with Crippen LogP contribution in [0.1, 0.15) is 19.3 Å². The van der Waals surface area contributed by atoms with Gasteiger partial charge in [0, 0.05) is 12.8 Å². The van der Waals surface area contributed by atoms with Gasteiger partial charge in [-0.05, 0) is 12.5 Å². The summed E-state index contributed by atoms with van der Waals surface area (Å²) in [5.74, 6) is -0.481. The highest BCUT2D eigenvalue weighted by molar-refractivity contribution is 5.76. The van der Waals surface area contributed by atoms with Gasteiger partial charge in [0.15, 0.2) is 0 Å². The molecule has 0 aliphatic heterocycles. The molecule has 0 aromatic heterocycles. The Bertz CT molecular complexity index is 230. The largest absolute Gasteiger partial charge is 0.369 e. The third-order valence-corrected chi connectivity index (χ3v) is 1.59.